The van der Waals surface area contributed by atoms with Gasteiger partial charge < -0.3 is 4.74 Å². The number of hydrogen-bond acceptors (Lipinski definition) is 2. The third kappa shape index (κ3) is 1.85. The van der Waals surface area contributed by atoms with E-state index in [0.717, 1.165) is 36.4 Å². The fraction of sp³-hybridized carbons (Fsp3) is 0.588. The predicted molar refractivity (Wildman–Crippen MR) is 86.0 cm³/mol. The summed E-state index contributed by atoms with van der Waals surface area (Å²) in [5.74, 6) is 1.45. The summed E-state index contributed by atoms with van der Waals surface area (Å²) in [5, 5.41) is 0. The number of nitrogens with one attached hydrogen (secondary N) is 2. The number of quaternary nitrogens is 2. The standard InChI is InChI=1S/C17H21BrN2O2/c1-16-7-19-9-17(2,15(16)21)10-20(8-16)14(19)12-6-11(18)4-5-13(12)22-3/h4-6,14H,7-10H2,1-3H3/p+2. The summed E-state index contributed by atoms with van der Waals surface area (Å²) < 4.78 is 6.70. The molecule has 4 bridgehead atoms. The Hall–Kier alpha value is -0.910. The number of benzene rings is 1. The molecule has 0 aliphatic carbocycles. The zero-order valence-electron chi connectivity index (χ0n) is 13.3. The molecule has 0 amide bonds. The van der Waals surface area contributed by atoms with Gasteiger partial charge in [-0.3, -0.25) is 14.6 Å². The molecular formula is C17H23BrN2O2+2. The highest BCUT2D eigenvalue weighted by Crippen LogP contribution is 2.37. The van der Waals surface area contributed by atoms with Crippen LogP contribution in [0.5, 0.6) is 5.75 Å². The zero-order chi connectivity index (χ0) is 15.7. The van der Waals surface area contributed by atoms with Crippen LogP contribution in [0.2, 0.25) is 0 Å². The summed E-state index contributed by atoms with van der Waals surface area (Å²) in [6.07, 6.45) is 0.377. The lowest BCUT2D eigenvalue weighted by atomic mass is 9.62. The number of carbonyl (C=O) groups is 1. The smallest absolute Gasteiger partial charge is 0.244 e. The highest BCUT2D eigenvalue weighted by atomic mass is 79.9. The van der Waals surface area contributed by atoms with Gasteiger partial charge in [-0.05, 0) is 32.0 Å². The van der Waals surface area contributed by atoms with Crippen molar-refractivity contribution < 1.29 is 19.3 Å². The summed E-state index contributed by atoms with van der Waals surface area (Å²) in [6.45, 7) is 8.13. The van der Waals surface area contributed by atoms with E-state index in [2.05, 4.69) is 35.8 Å². The number of Topliss-reactive ketones (excluding diaryl/α,β-unsaturated/α-hetero) is 1. The van der Waals surface area contributed by atoms with Crippen LogP contribution in [0.3, 0.4) is 0 Å². The molecule has 1 aromatic rings. The number of carbonyl (C=O) groups excluding carboxylic acids is 1. The molecule has 4 nitrogen and oxygen atoms in total. The van der Waals surface area contributed by atoms with Crippen LogP contribution in [0.4, 0.5) is 0 Å². The number of rotatable bonds is 2. The molecule has 5 heteroatoms. The predicted octanol–water partition coefficient (Wildman–Crippen LogP) is -0.151. The van der Waals surface area contributed by atoms with E-state index in [4.69, 9.17) is 4.74 Å². The van der Waals surface area contributed by atoms with Crippen LogP contribution >= 0.6 is 15.9 Å². The first kappa shape index (κ1) is 14.7. The molecule has 5 rings (SSSR count). The molecular weight excluding hydrogens is 344 g/mol. The molecule has 118 valence electrons. The molecule has 4 fully saturated rings. The van der Waals surface area contributed by atoms with E-state index >= 15 is 0 Å². The minimum Gasteiger partial charge on any atom is -0.496 e. The maximum Gasteiger partial charge on any atom is 0.244 e. The van der Waals surface area contributed by atoms with Crippen molar-refractivity contribution in [3.05, 3.63) is 28.2 Å². The first-order valence-electron chi connectivity index (χ1n) is 7.94. The van der Waals surface area contributed by atoms with Crippen LogP contribution in [-0.2, 0) is 4.79 Å². The Morgan fingerprint density at radius 2 is 1.68 bits per heavy atom. The van der Waals surface area contributed by atoms with Gasteiger partial charge in [-0.2, -0.15) is 0 Å². The van der Waals surface area contributed by atoms with Gasteiger partial charge >= 0.3 is 0 Å². The third-order valence-corrected chi connectivity index (χ3v) is 6.38. The van der Waals surface area contributed by atoms with Crippen LogP contribution in [0.1, 0.15) is 25.6 Å². The Labute approximate surface area is 139 Å². The second-order valence-corrected chi connectivity index (χ2v) is 8.71. The summed E-state index contributed by atoms with van der Waals surface area (Å²) in [4.78, 5) is 15.9. The SMILES string of the molecule is COc1ccc(Br)cc1C1[NH+]2CC3(C)C[NH+]1CC(C)(C2)C3=O. The number of ether oxygens (including phenoxy) is 1. The lowest BCUT2D eigenvalue weighted by Crippen LogP contribution is -3.41. The second kappa shape index (κ2) is 4.56. The normalized spacial score (nSPS) is 42.7. The van der Waals surface area contributed by atoms with Gasteiger partial charge in [0.2, 0.25) is 6.17 Å². The van der Waals surface area contributed by atoms with Gasteiger partial charge in [0.25, 0.3) is 0 Å². The van der Waals surface area contributed by atoms with Crippen LogP contribution in [0.25, 0.3) is 0 Å². The van der Waals surface area contributed by atoms with Crippen molar-refractivity contribution >= 4 is 21.7 Å². The van der Waals surface area contributed by atoms with Gasteiger partial charge in [0.15, 0.2) is 5.78 Å². The quantitative estimate of drug-likeness (QED) is 0.763. The van der Waals surface area contributed by atoms with Crippen molar-refractivity contribution in [1.82, 2.24) is 0 Å². The molecule has 0 aromatic heterocycles. The molecule has 4 aliphatic rings. The minimum atomic E-state index is -0.147. The molecule has 0 unspecified atom stereocenters. The number of hydrogen-bond donors (Lipinski definition) is 2. The Balaban J connectivity index is 1.78. The molecule has 0 radical (unpaired) electrons. The van der Waals surface area contributed by atoms with E-state index in [1.807, 2.05) is 12.1 Å². The van der Waals surface area contributed by atoms with Crippen LogP contribution in [0, 0.1) is 10.8 Å². The summed E-state index contributed by atoms with van der Waals surface area (Å²) in [5.41, 5.74) is 0.970. The lowest BCUT2D eigenvalue weighted by Gasteiger charge is -2.58. The number of piperidine rings is 2. The van der Waals surface area contributed by atoms with E-state index in [-0.39, 0.29) is 10.8 Å². The Morgan fingerprint density at radius 3 is 2.18 bits per heavy atom. The highest BCUT2D eigenvalue weighted by molar-refractivity contribution is 9.10. The van der Waals surface area contributed by atoms with Crippen molar-refractivity contribution in [2.45, 2.75) is 20.0 Å². The Morgan fingerprint density at radius 1 is 1.14 bits per heavy atom. The molecule has 2 N–H and O–H groups in total. The van der Waals surface area contributed by atoms with Gasteiger partial charge in [-0.25, -0.2) is 0 Å². The van der Waals surface area contributed by atoms with E-state index in [9.17, 15) is 4.79 Å². The number of methoxy groups -OCH3 is 1. The van der Waals surface area contributed by atoms with E-state index in [0.29, 0.717) is 11.9 Å². The van der Waals surface area contributed by atoms with E-state index in [1.165, 1.54) is 15.4 Å². The van der Waals surface area contributed by atoms with Gasteiger partial charge in [0.05, 0.1) is 7.11 Å². The summed E-state index contributed by atoms with van der Waals surface area (Å²) in [7, 11) is 1.74. The van der Waals surface area contributed by atoms with Crippen molar-refractivity contribution in [3.63, 3.8) is 0 Å². The maximum atomic E-state index is 12.8. The molecule has 1 aromatic carbocycles. The lowest BCUT2D eigenvalue weighted by molar-refractivity contribution is -1.18. The van der Waals surface area contributed by atoms with Gasteiger partial charge in [-0.1, -0.05) is 15.9 Å². The Bertz CT molecular complexity index is 620. The van der Waals surface area contributed by atoms with Gasteiger partial charge in [0, 0.05) is 4.47 Å². The number of ketones is 1. The summed E-state index contributed by atoms with van der Waals surface area (Å²) >= 11 is 3.60. The monoisotopic (exact) mass is 366 g/mol. The third-order valence-electron chi connectivity index (χ3n) is 5.88. The van der Waals surface area contributed by atoms with Crippen LogP contribution in [-0.4, -0.2) is 39.1 Å². The average molecular weight is 367 g/mol. The van der Waals surface area contributed by atoms with Crippen molar-refractivity contribution in [1.29, 1.82) is 0 Å². The first-order chi connectivity index (χ1) is 10.4. The molecule has 4 saturated heterocycles. The molecule has 22 heavy (non-hydrogen) atoms. The first-order valence-corrected chi connectivity index (χ1v) is 8.73. The highest BCUT2D eigenvalue weighted by Gasteiger charge is 2.68. The maximum absolute atomic E-state index is 12.8. The van der Waals surface area contributed by atoms with Crippen molar-refractivity contribution in [3.8, 4) is 5.75 Å². The largest absolute Gasteiger partial charge is 0.496 e. The van der Waals surface area contributed by atoms with Gasteiger partial charge in [0.1, 0.15) is 48.3 Å². The van der Waals surface area contributed by atoms with Crippen molar-refractivity contribution in [2.75, 3.05) is 33.3 Å². The molecule has 4 heterocycles. The average Bonchev–Trinajstić information content (AvgIpc) is 2.43. The molecule has 0 spiro atoms. The fourth-order valence-electron chi connectivity index (χ4n) is 5.37. The Kier molecular flexibility index (Phi) is 3.04. The second-order valence-electron chi connectivity index (χ2n) is 7.79. The van der Waals surface area contributed by atoms with Crippen LogP contribution < -0.4 is 14.5 Å². The van der Waals surface area contributed by atoms with Crippen molar-refractivity contribution in [2.24, 2.45) is 10.8 Å². The topological polar surface area (TPSA) is 35.2 Å². The minimum absolute atomic E-state index is 0.147. The van der Waals surface area contributed by atoms with Gasteiger partial charge in [-0.15, -0.1) is 0 Å². The molecule has 0 saturated carbocycles. The van der Waals surface area contributed by atoms with Crippen LogP contribution in [0.15, 0.2) is 22.7 Å². The zero-order valence-corrected chi connectivity index (χ0v) is 14.9. The fourth-order valence-corrected chi connectivity index (χ4v) is 5.75. The molecule has 0 atom stereocenters. The van der Waals surface area contributed by atoms with E-state index in [1.54, 1.807) is 7.11 Å². The molecule has 4 aliphatic heterocycles. The van der Waals surface area contributed by atoms with E-state index < -0.39 is 0 Å². The summed E-state index contributed by atoms with van der Waals surface area (Å²) in [6, 6.07) is 6.26. The number of halogens is 1.